The number of nitrogens with one attached hydrogen (secondary N) is 1. The maximum Gasteiger partial charge on any atom is 0.228 e. The van der Waals surface area contributed by atoms with E-state index in [9.17, 15) is 4.79 Å². The number of thiazole rings is 1. The first-order valence-electron chi connectivity index (χ1n) is 5.80. The molecule has 1 N–H and O–H groups in total. The standard InChI is InChI=1S/C12H15N3O2S/c1-3-10(12-13-4-5-18-12)14-11(16)7-9-6-8(2)15-17-9/h4-6,10H,3,7H2,1-2H3,(H,14,16). The molecule has 0 bridgehead atoms. The predicted molar refractivity (Wildman–Crippen MR) is 68.2 cm³/mol. The Labute approximate surface area is 109 Å². The molecule has 2 heterocycles. The highest BCUT2D eigenvalue weighted by Gasteiger charge is 2.16. The molecule has 6 heteroatoms. The van der Waals surface area contributed by atoms with Crippen LogP contribution in [0.5, 0.6) is 0 Å². The Balaban J connectivity index is 1.94. The molecule has 18 heavy (non-hydrogen) atoms. The van der Waals surface area contributed by atoms with E-state index in [2.05, 4.69) is 15.5 Å². The number of hydrogen-bond acceptors (Lipinski definition) is 5. The highest BCUT2D eigenvalue weighted by Crippen LogP contribution is 2.18. The number of carbonyl (C=O) groups excluding carboxylic acids is 1. The van der Waals surface area contributed by atoms with E-state index < -0.39 is 0 Å². The second-order valence-electron chi connectivity index (χ2n) is 4.01. The fourth-order valence-electron chi connectivity index (χ4n) is 1.65. The van der Waals surface area contributed by atoms with Gasteiger partial charge in [0.2, 0.25) is 5.91 Å². The van der Waals surface area contributed by atoms with Crippen LogP contribution < -0.4 is 5.32 Å². The summed E-state index contributed by atoms with van der Waals surface area (Å²) in [4.78, 5) is 16.1. The SMILES string of the molecule is CCC(NC(=O)Cc1cc(C)no1)c1nccs1. The van der Waals surface area contributed by atoms with Gasteiger partial charge in [-0.25, -0.2) is 4.98 Å². The van der Waals surface area contributed by atoms with Gasteiger partial charge < -0.3 is 9.84 Å². The average Bonchev–Trinajstić information content (AvgIpc) is 2.98. The monoisotopic (exact) mass is 265 g/mol. The van der Waals surface area contributed by atoms with Gasteiger partial charge in [0.15, 0.2) is 0 Å². The van der Waals surface area contributed by atoms with Crippen molar-refractivity contribution in [3.63, 3.8) is 0 Å². The minimum atomic E-state index is -0.0757. The maximum absolute atomic E-state index is 11.9. The minimum Gasteiger partial charge on any atom is -0.361 e. The Morgan fingerprint density at radius 1 is 1.61 bits per heavy atom. The van der Waals surface area contributed by atoms with E-state index in [0.717, 1.165) is 17.1 Å². The zero-order valence-electron chi connectivity index (χ0n) is 10.3. The van der Waals surface area contributed by atoms with Crippen LogP contribution in [0.4, 0.5) is 0 Å². The zero-order valence-corrected chi connectivity index (χ0v) is 11.2. The van der Waals surface area contributed by atoms with Crippen LogP contribution in [-0.4, -0.2) is 16.0 Å². The van der Waals surface area contributed by atoms with Crippen molar-refractivity contribution in [1.82, 2.24) is 15.5 Å². The van der Waals surface area contributed by atoms with E-state index in [1.807, 2.05) is 19.2 Å². The molecule has 0 saturated heterocycles. The first-order chi connectivity index (χ1) is 8.69. The molecule has 0 fully saturated rings. The number of rotatable bonds is 5. The topological polar surface area (TPSA) is 68.0 Å². The van der Waals surface area contributed by atoms with Crippen LogP contribution in [0.15, 0.2) is 22.2 Å². The lowest BCUT2D eigenvalue weighted by molar-refractivity contribution is -0.121. The molecule has 2 aromatic heterocycles. The Bertz CT molecular complexity index is 507. The number of carbonyl (C=O) groups is 1. The molecule has 2 aromatic rings. The summed E-state index contributed by atoms with van der Waals surface area (Å²) in [6.45, 7) is 3.85. The minimum absolute atomic E-state index is 0.0264. The summed E-state index contributed by atoms with van der Waals surface area (Å²) >= 11 is 1.55. The Hall–Kier alpha value is -1.69. The summed E-state index contributed by atoms with van der Waals surface area (Å²) in [5.74, 6) is 0.507. The molecule has 1 amide bonds. The summed E-state index contributed by atoms with van der Waals surface area (Å²) < 4.78 is 5.02. The third kappa shape index (κ3) is 3.16. The quantitative estimate of drug-likeness (QED) is 0.900. The van der Waals surface area contributed by atoms with E-state index in [1.165, 1.54) is 0 Å². The van der Waals surface area contributed by atoms with Crippen molar-refractivity contribution in [1.29, 1.82) is 0 Å². The molecule has 0 spiro atoms. The molecule has 5 nitrogen and oxygen atoms in total. The van der Waals surface area contributed by atoms with E-state index in [0.29, 0.717) is 5.76 Å². The molecule has 0 saturated carbocycles. The van der Waals surface area contributed by atoms with Gasteiger partial charge in [0.05, 0.1) is 18.2 Å². The normalized spacial score (nSPS) is 12.3. The summed E-state index contributed by atoms with van der Waals surface area (Å²) in [5.41, 5.74) is 0.782. The van der Waals surface area contributed by atoms with Crippen molar-refractivity contribution in [2.75, 3.05) is 0 Å². The smallest absolute Gasteiger partial charge is 0.228 e. The second kappa shape index (κ2) is 5.77. The fraction of sp³-hybridized carbons (Fsp3) is 0.417. The second-order valence-corrected chi connectivity index (χ2v) is 4.94. The molecule has 96 valence electrons. The van der Waals surface area contributed by atoms with Crippen molar-refractivity contribution in [2.24, 2.45) is 0 Å². The van der Waals surface area contributed by atoms with E-state index in [-0.39, 0.29) is 18.4 Å². The number of aryl methyl sites for hydroxylation is 1. The largest absolute Gasteiger partial charge is 0.361 e. The molecular weight excluding hydrogens is 250 g/mol. The number of aromatic nitrogens is 2. The molecule has 0 aliphatic heterocycles. The van der Waals surface area contributed by atoms with Crippen LogP contribution in [0.1, 0.15) is 35.8 Å². The van der Waals surface area contributed by atoms with Crippen LogP contribution in [0, 0.1) is 6.92 Å². The van der Waals surface area contributed by atoms with Crippen molar-refractivity contribution in [2.45, 2.75) is 32.7 Å². The molecule has 0 aromatic carbocycles. The molecule has 0 aliphatic rings. The summed E-state index contributed by atoms with van der Waals surface area (Å²) in [6, 6.07) is 1.74. The third-order valence-electron chi connectivity index (χ3n) is 2.50. The molecular formula is C12H15N3O2S. The van der Waals surface area contributed by atoms with Crippen LogP contribution in [0.3, 0.4) is 0 Å². The number of amides is 1. The van der Waals surface area contributed by atoms with E-state index >= 15 is 0 Å². The summed E-state index contributed by atoms with van der Waals surface area (Å²) in [5, 5.41) is 9.54. The van der Waals surface area contributed by atoms with E-state index in [4.69, 9.17) is 4.52 Å². The Kier molecular flexibility index (Phi) is 4.09. The van der Waals surface area contributed by atoms with Crippen LogP contribution in [0.25, 0.3) is 0 Å². The van der Waals surface area contributed by atoms with Crippen LogP contribution >= 0.6 is 11.3 Å². The lowest BCUT2D eigenvalue weighted by Gasteiger charge is -2.13. The molecule has 0 radical (unpaired) electrons. The van der Waals surface area contributed by atoms with E-state index in [1.54, 1.807) is 23.6 Å². The average molecular weight is 265 g/mol. The predicted octanol–water partition coefficient (Wildman–Crippen LogP) is 2.25. The Morgan fingerprint density at radius 2 is 2.44 bits per heavy atom. The van der Waals surface area contributed by atoms with Gasteiger partial charge in [-0.05, 0) is 13.3 Å². The van der Waals surface area contributed by atoms with Gasteiger partial charge in [0.25, 0.3) is 0 Å². The molecule has 1 atom stereocenters. The van der Waals surface area contributed by atoms with Gasteiger partial charge in [0.1, 0.15) is 10.8 Å². The van der Waals surface area contributed by atoms with Gasteiger partial charge >= 0.3 is 0 Å². The Morgan fingerprint density at radius 3 is 3.00 bits per heavy atom. The fourth-order valence-corrected chi connectivity index (χ4v) is 2.42. The number of nitrogens with zero attached hydrogens (tertiary/aromatic N) is 2. The first-order valence-corrected chi connectivity index (χ1v) is 6.68. The van der Waals surface area contributed by atoms with Gasteiger partial charge in [-0.1, -0.05) is 12.1 Å². The number of hydrogen-bond donors (Lipinski definition) is 1. The highest BCUT2D eigenvalue weighted by atomic mass is 32.1. The third-order valence-corrected chi connectivity index (χ3v) is 3.39. The molecule has 0 aliphatic carbocycles. The van der Waals surface area contributed by atoms with Crippen molar-refractivity contribution < 1.29 is 9.32 Å². The summed E-state index contributed by atoms with van der Waals surface area (Å²) in [6.07, 6.45) is 2.77. The maximum atomic E-state index is 11.9. The van der Waals surface area contributed by atoms with Crippen molar-refractivity contribution in [3.8, 4) is 0 Å². The highest BCUT2D eigenvalue weighted by molar-refractivity contribution is 7.09. The van der Waals surface area contributed by atoms with Crippen molar-refractivity contribution >= 4 is 17.2 Å². The lowest BCUT2D eigenvalue weighted by atomic mass is 10.2. The first kappa shape index (κ1) is 12.8. The molecule has 1 unspecified atom stereocenters. The van der Waals surface area contributed by atoms with Crippen LogP contribution in [-0.2, 0) is 11.2 Å². The zero-order chi connectivity index (χ0) is 13.0. The lowest BCUT2D eigenvalue weighted by Crippen LogP contribution is -2.29. The van der Waals surface area contributed by atoms with Gasteiger partial charge in [-0.15, -0.1) is 11.3 Å². The van der Waals surface area contributed by atoms with Gasteiger partial charge in [0, 0.05) is 17.6 Å². The van der Waals surface area contributed by atoms with Crippen LogP contribution in [0.2, 0.25) is 0 Å². The summed E-state index contributed by atoms with van der Waals surface area (Å²) in [7, 11) is 0. The molecule has 2 rings (SSSR count). The van der Waals surface area contributed by atoms with Gasteiger partial charge in [-0.3, -0.25) is 4.79 Å². The van der Waals surface area contributed by atoms with Crippen molar-refractivity contribution in [3.05, 3.63) is 34.1 Å². The van der Waals surface area contributed by atoms with Gasteiger partial charge in [-0.2, -0.15) is 0 Å².